The van der Waals surface area contributed by atoms with Gasteiger partial charge in [-0.15, -0.1) is 0 Å². The Hall–Kier alpha value is -1.93. The lowest BCUT2D eigenvalue weighted by Crippen LogP contribution is -2.30. The molecule has 0 atom stereocenters. The number of hydrogen-bond acceptors (Lipinski definition) is 2. The van der Waals surface area contributed by atoms with Crippen LogP contribution >= 0.6 is 0 Å². The maximum atomic E-state index is 12.6. The summed E-state index contributed by atoms with van der Waals surface area (Å²) in [5.74, 6) is -2.91. The Morgan fingerprint density at radius 1 is 1.16 bits per heavy atom. The van der Waals surface area contributed by atoms with E-state index in [4.69, 9.17) is 0 Å². The number of carbonyl (C=O) groups excluding carboxylic acids is 1. The second-order valence-corrected chi connectivity index (χ2v) is 3.36. The van der Waals surface area contributed by atoms with Gasteiger partial charge in [0.05, 0.1) is 12.7 Å². The van der Waals surface area contributed by atoms with E-state index in [0.717, 1.165) is 19.2 Å². The highest BCUT2D eigenvalue weighted by molar-refractivity contribution is 5.95. The molecule has 0 bridgehead atoms. The second-order valence-electron chi connectivity index (χ2n) is 3.36. The Bertz CT molecular complexity index is 480. The molecule has 0 heterocycles. The van der Waals surface area contributed by atoms with Crippen molar-refractivity contribution in [3.05, 3.63) is 23.8 Å². The highest BCUT2D eigenvalue weighted by Crippen LogP contribution is 2.37. The number of benzene rings is 1. The summed E-state index contributed by atoms with van der Waals surface area (Å²) in [7, 11) is 0.985. The average molecular weight is 287 g/mol. The van der Waals surface area contributed by atoms with E-state index in [1.165, 1.54) is 5.32 Å². The molecule has 19 heavy (non-hydrogen) atoms. The minimum absolute atomic E-state index is 0.364. The van der Waals surface area contributed by atoms with Gasteiger partial charge < -0.3 is 10.1 Å². The molecule has 0 aromatic heterocycles. The number of halogens is 6. The smallest absolute Gasteiger partial charge is 0.471 e. The fraction of sp³-hybridized carbons (Fsp3) is 0.300. The van der Waals surface area contributed by atoms with E-state index in [2.05, 4.69) is 4.74 Å². The first-order valence-corrected chi connectivity index (χ1v) is 4.69. The molecule has 3 nitrogen and oxygen atoms in total. The van der Waals surface area contributed by atoms with Crippen LogP contribution in [-0.2, 0) is 11.0 Å². The van der Waals surface area contributed by atoms with Gasteiger partial charge in [-0.25, -0.2) is 0 Å². The van der Waals surface area contributed by atoms with Crippen molar-refractivity contribution < 1.29 is 35.9 Å². The maximum absolute atomic E-state index is 12.6. The first-order chi connectivity index (χ1) is 8.55. The van der Waals surface area contributed by atoms with Gasteiger partial charge in [-0.2, -0.15) is 26.3 Å². The fourth-order valence-corrected chi connectivity index (χ4v) is 1.21. The van der Waals surface area contributed by atoms with Crippen LogP contribution in [0.25, 0.3) is 0 Å². The van der Waals surface area contributed by atoms with Gasteiger partial charge in [0.2, 0.25) is 0 Å². The monoisotopic (exact) mass is 287 g/mol. The van der Waals surface area contributed by atoms with Gasteiger partial charge in [0.25, 0.3) is 0 Å². The van der Waals surface area contributed by atoms with E-state index in [1.54, 1.807) is 0 Å². The molecule has 106 valence electrons. The van der Waals surface area contributed by atoms with Gasteiger partial charge in [0.15, 0.2) is 0 Å². The van der Waals surface area contributed by atoms with Gasteiger partial charge in [0.1, 0.15) is 5.75 Å². The zero-order valence-corrected chi connectivity index (χ0v) is 9.32. The molecule has 1 rings (SSSR count). The third-order valence-corrected chi connectivity index (χ3v) is 2.02. The zero-order chi connectivity index (χ0) is 14.8. The van der Waals surface area contributed by atoms with Gasteiger partial charge in [-0.3, -0.25) is 4.79 Å². The largest absolute Gasteiger partial charge is 0.496 e. The van der Waals surface area contributed by atoms with Gasteiger partial charge >= 0.3 is 18.3 Å². The number of ether oxygens (including phenoxy) is 1. The Balaban J connectivity index is 3.10. The molecule has 1 aromatic rings. The number of methoxy groups -OCH3 is 1. The highest BCUT2D eigenvalue weighted by atomic mass is 19.4. The van der Waals surface area contributed by atoms with Crippen LogP contribution in [0.4, 0.5) is 32.0 Å². The number of rotatable bonds is 2. The van der Waals surface area contributed by atoms with E-state index >= 15 is 0 Å². The molecular formula is C10H7F6NO2. The molecule has 0 aliphatic rings. The molecule has 1 aromatic carbocycles. The van der Waals surface area contributed by atoms with Crippen LogP contribution in [0.15, 0.2) is 18.2 Å². The lowest BCUT2D eigenvalue weighted by atomic mass is 10.1. The van der Waals surface area contributed by atoms with Gasteiger partial charge in [0, 0.05) is 5.69 Å². The van der Waals surface area contributed by atoms with Crippen molar-refractivity contribution >= 4 is 11.6 Å². The number of hydrogen-bond donors (Lipinski definition) is 1. The molecule has 0 spiro atoms. The topological polar surface area (TPSA) is 38.3 Å². The summed E-state index contributed by atoms with van der Waals surface area (Å²) in [6.45, 7) is 0. The summed E-state index contributed by atoms with van der Waals surface area (Å²) in [6.07, 6.45) is -10.00. The maximum Gasteiger partial charge on any atom is 0.471 e. The SMILES string of the molecule is COc1ccc(NC(=O)C(F)(F)F)cc1C(F)(F)F. The standard InChI is InChI=1S/C10H7F6NO2/c1-19-7-3-2-5(4-6(7)9(11,12)13)17-8(18)10(14,15)16/h2-4H,1H3,(H,17,18). The van der Waals surface area contributed by atoms with Crippen molar-refractivity contribution in [1.82, 2.24) is 0 Å². The Kier molecular flexibility index (Phi) is 3.97. The van der Waals surface area contributed by atoms with Crippen molar-refractivity contribution in [1.29, 1.82) is 0 Å². The minimum atomic E-state index is -5.18. The van der Waals surface area contributed by atoms with Crippen molar-refractivity contribution in [3.8, 4) is 5.75 Å². The normalized spacial score (nSPS) is 12.2. The minimum Gasteiger partial charge on any atom is -0.496 e. The summed E-state index contributed by atoms with van der Waals surface area (Å²) >= 11 is 0. The van der Waals surface area contributed by atoms with Crippen LogP contribution in [0.3, 0.4) is 0 Å². The lowest BCUT2D eigenvalue weighted by molar-refractivity contribution is -0.167. The van der Waals surface area contributed by atoms with Crippen LogP contribution in [0.2, 0.25) is 0 Å². The van der Waals surface area contributed by atoms with Crippen molar-refractivity contribution in [2.24, 2.45) is 0 Å². The molecule has 0 fully saturated rings. The van der Waals surface area contributed by atoms with Crippen molar-refractivity contribution in [3.63, 3.8) is 0 Å². The van der Waals surface area contributed by atoms with Gasteiger partial charge in [-0.1, -0.05) is 0 Å². The van der Waals surface area contributed by atoms with E-state index < -0.39 is 35.3 Å². The zero-order valence-electron chi connectivity index (χ0n) is 9.32. The first kappa shape index (κ1) is 15.1. The van der Waals surface area contributed by atoms with Crippen LogP contribution < -0.4 is 10.1 Å². The lowest BCUT2D eigenvalue weighted by Gasteiger charge is -2.14. The van der Waals surface area contributed by atoms with E-state index in [-0.39, 0.29) is 0 Å². The predicted octanol–water partition coefficient (Wildman–Crippen LogP) is 3.21. The second kappa shape index (κ2) is 4.98. The predicted molar refractivity (Wildman–Crippen MR) is 52.7 cm³/mol. The van der Waals surface area contributed by atoms with Gasteiger partial charge in [-0.05, 0) is 18.2 Å². The Morgan fingerprint density at radius 2 is 1.74 bits per heavy atom. The number of nitrogens with one attached hydrogen (secondary N) is 1. The Morgan fingerprint density at radius 3 is 2.16 bits per heavy atom. The highest BCUT2D eigenvalue weighted by Gasteiger charge is 2.39. The third-order valence-electron chi connectivity index (χ3n) is 2.02. The molecule has 1 amide bonds. The van der Waals surface area contributed by atoms with Crippen molar-refractivity contribution in [2.45, 2.75) is 12.4 Å². The van der Waals surface area contributed by atoms with E-state index in [9.17, 15) is 31.1 Å². The molecule has 0 radical (unpaired) electrons. The molecule has 1 N–H and O–H groups in total. The molecule has 0 saturated carbocycles. The Labute approximate surface area is 103 Å². The quantitative estimate of drug-likeness (QED) is 0.848. The molecular weight excluding hydrogens is 280 g/mol. The summed E-state index contributed by atoms with van der Waals surface area (Å²) in [6, 6.07) is 2.05. The summed E-state index contributed by atoms with van der Waals surface area (Å²) in [4.78, 5) is 10.6. The van der Waals surface area contributed by atoms with Crippen LogP contribution in [0.5, 0.6) is 5.75 Å². The van der Waals surface area contributed by atoms with E-state index in [0.29, 0.717) is 6.07 Å². The number of anilines is 1. The number of alkyl halides is 6. The number of carbonyl (C=O) groups is 1. The molecule has 0 aliphatic carbocycles. The molecule has 0 aliphatic heterocycles. The molecule has 9 heteroatoms. The third kappa shape index (κ3) is 3.76. The van der Waals surface area contributed by atoms with Crippen molar-refractivity contribution in [2.75, 3.05) is 12.4 Å². The van der Waals surface area contributed by atoms with Crippen LogP contribution in [0.1, 0.15) is 5.56 Å². The summed E-state index contributed by atoms with van der Waals surface area (Å²) in [5.41, 5.74) is -1.91. The summed E-state index contributed by atoms with van der Waals surface area (Å²) < 4.78 is 78.0. The van der Waals surface area contributed by atoms with E-state index in [1.807, 2.05) is 0 Å². The number of amides is 1. The van der Waals surface area contributed by atoms with Crippen LogP contribution in [0, 0.1) is 0 Å². The first-order valence-electron chi connectivity index (χ1n) is 4.69. The average Bonchev–Trinajstić information content (AvgIpc) is 2.26. The van der Waals surface area contributed by atoms with Crippen LogP contribution in [-0.4, -0.2) is 19.2 Å². The molecule has 0 saturated heterocycles. The summed E-state index contributed by atoms with van der Waals surface area (Å²) in [5, 5.41) is 1.33. The molecule has 0 unspecified atom stereocenters. The fourth-order valence-electron chi connectivity index (χ4n) is 1.21.